The lowest BCUT2D eigenvalue weighted by molar-refractivity contribution is 0.0742. The molecule has 2 heterocycles. The number of hydrogen-bond acceptors (Lipinski definition) is 4. The van der Waals surface area contributed by atoms with Crippen molar-refractivity contribution in [3.05, 3.63) is 70.6 Å². The first-order valence-corrected chi connectivity index (χ1v) is 9.96. The van der Waals surface area contributed by atoms with Crippen LogP contribution in [0.2, 0.25) is 5.02 Å². The van der Waals surface area contributed by atoms with Crippen molar-refractivity contribution >= 4 is 34.1 Å². The van der Waals surface area contributed by atoms with E-state index in [1.807, 2.05) is 25.1 Å². The van der Waals surface area contributed by atoms with Crippen LogP contribution >= 0.6 is 11.6 Å². The van der Waals surface area contributed by atoms with Gasteiger partial charge in [0.1, 0.15) is 5.82 Å². The zero-order valence-corrected chi connectivity index (χ0v) is 16.9. The van der Waals surface area contributed by atoms with Gasteiger partial charge in [-0.05, 0) is 42.8 Å². The number of halogens is 2. The molecular weight excluding hydrogens is 391 g/mol. The Hall–Kier alpha value is -2.70. The minimum absolute atomic E-state index is 0.107. The highest BCUT2D eigenvalue weighted by Crippen LogP contribution is 2.37. The van der Waals surface area contributed by atoms with Crippen molar-refractivity contribution in [1.82, 2.24) is 9.88 Å². The molecule has 7 heteroatoms. The van der Waals surface area contributed by atoms with E-state index in [-0.39, 0.29) is 17.5 Å². The number of amides is 1. The Labute approximate surface area is 173 Å². The highest BCUT2D eigenvalue weighted by molar-refractivity contribution is 6.36. The monoisotopic (exact) mass is 412 g/mol. The summed E-state index contributed by atoms with van der Waals surface area (Å²) in [6.07, 6.45) is 1.74. The van der Waals surface area contributed by atoms with Crippen LogP contribution in [-0.4, -0.2) is 42.0 Å². The molecule has 0 radical (unpaired) electrons. The second-order valence-electron chi connectivity index (χ2n) is 7.24. The number of hydrogen-bond donors (Lipinski definition) is 1. The zero-order chi connectivity index (χ0) is 20.5. The Balaban J connectivity index is 1.63. The van der Waals surface area contributed by atoms with Crippen molar-refractivity contribution in [2.24, 2.45) is 5.73 Å². The van der Waals surface area contributed by atoms with Crippen LogP contribution in [0, 0.1) is 5.82 Å². The maximum absolute atomic E-state index is 14.0. The zero-order valence-electron chi connectivity index (χ0n) is 16.1. The molecule has 1 saturated heterocycles. The van der Waals surface area contributed by atoms with Gasteiger partial charge in [0.05, 0.1) is 21.8 Å². The molecule has 5 nitrogen and oxygen atoms in total. The van der Waals surface area contributed by atoms with Crippen molar-refractivity contribution in [3.8, 4) is 0 Å². The second kappa shape index (κ2) is 7.97. The van der Waals surface area contributed by atoms with Crippen LogP contribution < -0.4 is 10.6 Å². The first-order chi connectivity index (χ1) is 14.0. The predicted molar refractivity (Wildman–Crippen MR) is 114 cm³/mol. The molecule has 1 fully saturated rings. The van der Waals surface area contributed by atoms with Crippen LogP contribution in [0.1, 0.15) is 28.9 Å². The molecule has 150 valence electrons. The normalized spacial score (nSPS) is 15.6. The fourth-order valence-corrected chi connectivity index (χ4v) is 4.09. The summed E-state index contributed by atoms with van der Waals surface area (Å²) >= 11 is 6.46. The van der Waals surface area contributed by atoms with Gasteiger partial charge in [-0.3, -0.25) is 9.78 Å². The molecule has 3 aromatic rings. The van der Waals surface area contributed by atoms with Gasteiger partial charge in [0.15, 0.2) is 0 Å². The number of aromatic nitrogens is 1. The molecule has 4 rings (SSSR count). The average molecular weight is 413 g/mol. The number of benzene rings is 2. The largest absolute Gasteiger partial charge is 0.366 e. The summed E-state index contributed by atoms with van der Waals surface area (Å²) in [6, 6.07) is 11.6. The van der Waals surface area contributed by atoms with E-state index in [2.05, 4.69) is 9.88 Å². The quantitative estimate of drug-likeness (QED) is 0.706. The Morgan fingerprint density at radius 3 is 2.59 bits per heavy atom. The minimum Gasteiger partial charge on any atom is -0.366 e. The van der Waals surface area contributed by atoms with Gasteiger partial charge in [-0.25, -0.2) is 4.39 Å². The van der Waals surface area contributed by atoms with E-state index in [1.165, 1.54) is 12.1 Å². The third-order valence-corrected chi connectivity index (χ3v) is 5.64. The Morgan fingerprint density at radius 1 is 1.17 bits per heavy atom. The van der Waals surface area contributed by atoms with Crippen molar-refractivity contribution < 1.29 is 9.18 Å². The molecule has 0 spiro atoms. The fraction of sp³-hybridized carbons (Fsp3) is 0.273. The number of anilines is 1. The Bertz CT molecular complexity index is 1060. The lowest BCUT2D eigenvalue weighted by Gasteiger charge is -2.38. The maximum atomic E-state index is 14.0. The summed E-state index contributed by atoms with van der Waals surface area (Å²) in [4.78, 5) is 21.2. The second-order valence-corrected chi connectivity index (χ2v) is 7.65. The number of pyridine rings is 1. The molecule has 1 amide bonds. The van der Waals surface area contributed by atoms with Crippen molar-refractivity contribution in [3.63, 3.8) is 0 Å². The van der Waals surface area contributed by atoms with Gasteiger partial charge in [0.25, 0.3) is 5.91 Å². The summed E-state index contributed by atoms with van der Waals surface area (Å²) in [7, 11) is 0. The topological polar surface area (TPSA) is 62.5 Å². The number of piperazine rings is 1. The van der Waals surface area contributed by atoms with Gasteiger partial charge in [-0.2, -0.15) is 0 Å². The highest BCUT2D eigenvalue weighted by Gasteiger charge is 2.27. The van der Waals surface area contributed by atoms with E-state index in [9.17, 15) is 9.18 Å². The predicted octanol–water partition coefficient (Wildman–Crippen LogP) is 4.01. The van der Waals surface area contributed by atoms with E-state index in [1.54, 1.807) is 23.2 Å². The molecule has 0 saturated carbocycles. The van der Waals surface area contributed by atoms with Crippen LogP contribution in [0.3, 0.4) is 0 Å². The summed E-state index contributed by atoms with van der Waals surface area (Å²) in [5.74, 6) is -0.777. The summed E-state index contributed by atoms with van der Waals surface area (Å²) in [5.41, 5.74) is 9.03. The Kier molecular flexibility index (Phi) is 5.39. The molecule has 0 aliphatic carbocycles. The fourth-order valence-electron chi connectivity index (χ4n) is 3.82. The van der Waals surface area contributed by atoms with E-state index in [4.69, 9.17) is 17.3 Å². The van der Waals surface area contributed by atoms with Gasteiger partial charge >= 0.3 is 0 Å². The Morgan fingerprint density at radius 2 is 1.90 bits per heavy atom. The van der Waals surface area contributed by atoms with Crippen molar-refractivity contribution in [2.45, 2.75) is 13.0 Å². The van der Waals surface area contributed by atoms with Gasteiger partial charge in [-0.15, -0.1) is 0 Å². The first kappa shape index (κ1) is 19.6. The molecule has 1 aromatic heterocycles. The number of nitrogens with two attached hydrogens (primary N) is 1. The number of nitrogens with zero attached hydrogens (tertiary/aromatic N) is 3. The van der Waals surface area contributed by atoms with Gasteiger partial charge < -0.3 is 15.5 Å². The van der Waals surface area contributed by atoms with Gasteiger partial charge in [0.2, 0.25) is 0 Å². The molecule has 2 N–H and O–H groups in total. The van der Waals surface area contributed by atoms with E-state index in [0.29, 0.717) is 31.2 Å². The third-order valence-electron chi connectivity index (χ3n) is 5.32. The molecule has 1 aliphatic heterocycles. The number of carbonyl (C=O) groups is 1. The van der Waals surface area contributed by atoms with Crippen LogP contribution in [0.4, 0.5) is 10.1 Å². The molecular formula is C22H22ClFN4O. The summed E-state index contributed by atoms with van der Waals surface area (Å²) < 4.78 is 14.0. The van der Waals surface area contributed by atoms with Crippen LogP contribution in [-0.2, 0) is 0 Å². The standard InChI is InChI=1S/C22H22ClFN4O/c1-14(25)17-13-18(23)15-6-4-8-26-20(15)21(17)27-9-11-28(12-10-27)22(29)16-5-2-3-7-19(16)24/h2-8,13-14H,9-12,25H2,1H3. The smallest absolute Gasteiger partial charge is 0.256 e. The number of fused-ring (bicyclic) bond motifs is 1. The van der Waals surface area contributed by atoms with Crippen molar-refractivity contribution in [2.75, 3.05) is 31.1 Å². The maximum Gasteiger partial charge on any atom is 0.256 e. The SMILES string of the molecule is CC(N)c1cc(Cl)c2cccnc2c1N1CCN(C(=O)c2ccccc2F)CC1. The van der Waals surface area contributed by atoms with E-state index < -0.39 is 5.82 Å². The number of carbonyl (C=O) groups excluding carboxylic acids is 1. The molecule has 0 bridgehead atoms. The van der Waals surface area contributed by atoms with Crippen molar-refractivity contribution in [1.29, 1.82) is 0 Å². The molecule has 1 atom stereocenters. The molecule has 1 unspecified atom stereocenters. The third kappa shape index (κ3) is 3.66. The minimum atomic E-state index is -0.493. The van der Waals surface area contributed by atoms with Crippen LogP contribution in [0.25, 0.3) is 10.9 Å². The van der Waals surface area contributed by atoms with Crippen LogP contribution in [0.5, 0.6) is 0 Å². The highest BCUT2D eigenvalue weighted by atomic mass is 35.5. The van der Waals surface area contributed by atoms with Crippen LogP contribution in [0.15, 0.2) is 48.7 Å². The van der Waals surface area contributed by atoms with Gasteiger partial charge in [0, 0.05) is 43.8 Å². The summed E-state index contributed by atoms with van der Waals surface area (Å²) in [6.45, 7) is 4.10. The van der Waals surface area contributed by atoms with Gasteiger partial charge in [-0.1, -0.05) is 23.7 Å². The first-order valence-electron chi connectivity index (χ1n) is 9.59. The molecule has 1 aliphatic rings. The van der Waals surface area contributed by atoms with E-state index in [0.717, 1.165) is 22.2 Å². The lowest BCUT2D eigenvalue weighted by atomic mass is 10.0. The average Bonchev–Trinajstić information content (AvgIpc) is 2.74. The van der Waals surface area contributed by atoms with E-state index >= 15 is 0 Å². The molecule has 29 heavy (non-hydrogen) atoms. The summed E-state index contributed by atoms with van der Waals surface area (Å²) in [5, 5.41) is 1.50. The lowest BCUT2D eigenvalue weighted by Crippen LogP contribution is -2.49. The molecule has 2 aromatic carbocycles. The number of rotatable bonds is 3.